The molecular formula is C14H22ClN3O4S. The first-order valence-electron chi connectivity index (χ1n) is 7.35. The highest BCUT2D eigenvalue weighted by Crippen LogP contribution is 2.24. The first-order valence-corrected chi connectivity index (χ1v) is 8.84. The van der Waals surface area contributed by atoms with Gasteiger partial charge in [0.15, 0.2) is 0 Å². The Morgan fingerprint density at radius 3 is 2.70 bits per heavy atom. The molecule has 1 saturated heterocycles. The van der Waals surface area contributed by atoms with Gasteiger partial charge in [0.2, 0.25) is 10.0 Å². The van der Waals surface area contributed by atoms with Crippen molar-refractivity contribution in [2.75, 3.05) is 13.1 Å². The highest BCUT2D eigenvalue weighted by molar-refractivity contribution is 7.89. The summed E-state index contributed by atoms with van der Waals surface area (Å²) in [6.45, 7) is 5.32. The first kappa shape index (κ1) is 19.8. The third kappa shape index (κ3) is 4.63. The van der Waals surface area contributed by atoms with Crippen LogP contribution in [0.1, 0.15) is 25.8 Å². The zero-order chi connectivity index (χ0) is 16.3. The van der Waals surface area contributed by atoms with E-state index in [1.807, 2.05) is 13.8 Å². The minimum atomic E-state index is -3.77. The van der Waals surface area contributed by atoms with Crippen LogP contribution >= 0.6 is 12.4 Å². The fourth-order valence-electron chi connectivity index (χ4n) is 2.65. The molecule has 2 N–H and O–H groups in total. The van der Waals surface area contributed by atoms with Crippen LogP contribution in [0, 0.1) is 16.0 Å². The van der Waals surface area contributed by atoms with Crippen molar-refractivity contribution >= 4 is 28.1 Å². The number of nitrogens with one attached hydrogen (secondary N) is 2. The van der Waals surface area contributed by atoms with Gasteiger partial charge in [-0.25, -0.2) is 13.1 Å². The first-order chi connectivity index (χ1) is 10.3. The summed E-state index contributed by atoms with van der Waals surface area (Å²) >= 11 is 0. The number of sulfonamides is 1. The van der Waals surface area contributed by atoms with E-state index < -0.39 is 14.9 Å². The van der Waals surface area contributed by atoms with Gasteiger partial charge in [0.25, 0.3) is 5.69 Å². The smallest absolute Gasteiger partial charge is 0.270 e. The van der Waals surface area contributed by atoms with Crippen molar-refractivity contribution < 1.29 is 13.3 Å². The molecule has 23 heavy (non-hydrogen) atoms. The lowest BCUT2D eigenvalue weighted by atomic mass is 9.97. The maximum absolute atomic E-state index is 12.6. The zero-order valence-electron chi connectivity index (χ0n) is 13.1. The molecule has 0 spiro atoms. The Morgan fingerprint density at radius 2 is 2.13 bits per heavy atom. The van der Waals surface area contributed by atoms with Crippen LogP contribution in [0.5, 0.6) is 0 Å². The van der Waals surface area contributed by atoms with E-state index in [1.165, 1.54) is 12.1 Å². The van der Waals surface area contributed by atoms with Gasteiger partial charge in [-0.15, -0.1) is 12.4 Å². The van der Waals surface area contributed by atoms with Crippen molar-refractivity contribution in [1.82, 2.24) is 10.0 Å². The van der Waals surface area contributed by atoms with Gasteiger partial charge in [-0.3, -0.25) is 10.1 Å². The predicted molar refractivity (Wildman–Crippen MR) is 90.5 cm³/mol. The number of nitro benzene ring substituents is 1. The summed E-state index contributed by atoms with van der Waals surface area (Å²) in [5.74, 6) is 0.173. The molecule has 2 rings (SSSR count). The molecular weight excluding hydrogens is 342 g/mol. The molecule has 0 aliphatic carbocycles. The minimum absolute atomic E-state index is 0. The van der Waals surface area contributed by atoms with Crippen LogP contribution in [0.2, 0.25) is 0 Å². The van der Waals surface area contributed by atoms with Crippen LogP contribution in [-0.2, 0) is 16.4 Å². The number of rotatable bonds is 5. The summed E-state index contributed by atoms with van der Waals surface area (Å²) in [5.41, 5.74) is 0.371. The van der Waals surface area contributed by atoms with Gasteiger partial charge in [-0.05, 0) is 37.4 Å². The van der Waals surface area contributed by atoms with Crippen LogP contribution in [0.15, 0.2) is 23.1 Å². The number of aryl methyl sites for hydroxylation is 1. The van der Waals surface area contributed by atoms with Crippen LogP contribution in [0.25, 0.3) is 0 Å². The summed E-state index contributed by atoms with van der Waals surface area (Å²) in [7, 11) is -3.77. The molecule has 1 aromatic carbocycles. The number of benzene rings is 1. The van der Waals surface area contributed by atoms with E-state index in [2.05, 4.69) is 10.0 Å². The molecule has 1 heterocycles. The Balaban J connectivity index is 0.00000264. The van der Waals surface area contributed by atoms with Crippen LogP contribution in [0.3, 0.4) is 0 Å². The summed E-state index contributed by atoms with van der Waals surface area (Å²) in [6, 6.07) is 3.84. The average Bonchev–Trinajstić information content (AvgIpc) is 2.48. The average molecular weight is 364 g/mol. The van der Waals surface area contributed by atoms with Gasteiger partial charge >= 0.3 is 0 Å². The van der Waals surface area contributed by atoms with E-state index in [1.54, 1.807) is 0 Å². The number of hydrogen-bond donors (Lipinski definition) is 2. The van der Waals surface area contributed by atoms with E-state index >= 15 is 0 Å². The third-order valence-electron chi connectivity index (χ3n) is 4.02. The molecule has 0 bridgehead atoms. The van der Waals surface area contributed by atoms with Gasteiger partial charge < -0.3 is 5.32 Å². The van der Waals surface area contributed by atoms with E-state index in [0.29, 0.717) is 18.4 Å². The summed E-state index contributed by atoms with van der Waals surface area (Å²) in [6.07, 6.45) is 1.20. The molecule has 9 heteroatoms. The van der Waals surface area contributed by atoms with Gasteiger partial charge in [0, 0.05) is 18.2 Å². The Bertz CT molecular complexity index is 666. The Hall–Kier alpha value is -1.22. The molecule has 1 aliphatic rings. The van der Waals surface area contributed by atoms with E-state index in [0.717, 1.165) is 19.2 Å². The zero-order valence-corrected chi connectivity index (χ0v) is 14.7. The van der Waals surface area contributed by atoms with Crippen molar-refractivity contribution in [2.45, 2.75) is 37.6 Å². The molecule has 0 amide bonds. The van der Waals surface area contributed by atoms with Gasteiger partial charge in [0.05, 0.1) is 9.82 Å². The lowest BCUT2D eigenvalue weighted by molar-refractivity contribution is -0.385. The second kappa shape index (κ2) is 8.05. The Morgan fingerprint density at radius 1 is 1.43 bits per heavy atom. The maximum Gasteiger partial charge on any atom is 0.270 e. The summed E-state index contributed by atoms with van der Waals surface area (Å²) < 4.78 is 28.0. The Labute approximate surface area is 142 Å². The predicted octanol–water partition coefficient (Wildman–Crippen LogP) is 1.86. The Kier molecular flexibility index (Phi) is 6.94. The molecule has 7 nitrogen and oxygen atoms in total. The lowest BCUT2D eigenvalue weighted by Gasteiger charge is -2.30. The van der Waals surface area contributed by atoms with E-state index in [4.69, 9.17) is 0 Å². The monoisotopic (exact) mass is 363 g/mol. The second-order valence-corrected chi connectivity index (χ2v) is 7.28. The van der Waals surface area contributed by atoms with Crippen molar-refractivity contribution in [3.63, 3.8) is 0 Å². The number of nitro groups is 1. The van der Waals surface area contributed by atoms with Crippen molar-refractivity contribution in [3.8, 4) is 0 Å². The van der Waals surface area contributed by atoms with Crippen molar-refractivity contribution in [1.29, 1.82) is 0 Å². The highest BCUT2D eigenvalue weighted by atomic mass is 35.5. The standard InChI is InChI=1S/C14H21N3O4S.ClH/c1-3-11-4-5-12(17(18)19)8-14(11)22(20,21)16-13-6-7-15-9-10(13)2;/h4-5,8,10,13,15-16H,3,6-7,9H2,1-2H3;1H. The minimum Gasteiger partial charge on any atom is -0.316 e. The third-order valence-corrected chi connectivity index (χ3v) is 5.60. The highest BCUT2D eigenvalue weighted by Gasteiger charge is 2.28. The summed E-state index contributed by atoms with van der Waals surface area (Å²) in [4.78, 5) is 10.3. The topological polar surface area (TPSA) is 101 Å². The summed E-state index contributed by atoms with van der Waals surface area (Å²) in [5, 5.41) is 14.1. The SMILES string of the molecule is CCc1ccc([N+](=O)[O-])cc1S(=O)(=O)NC1CCNCC1C.Cl. The number of piperidine rings is 1. The molecule has 1 aliphatic heterocycles. The fourth-order valence-corrected chi connectivity index (χ4v) is 4.36. The fraction of sp³-hybridized carbons (Fsp3) is 0.571. The van der Waals surface area contributed by atoms with Gasteiger partial charge in [0.1, 0.15) is 0 Å². The van der Waals surface area contributed by atoms with Crippen LogP contribution in [-0.4, -0.2) is 32.5 Å². The van der Waals surface area contributed by atoms with E-state index in [-0.39, 0.29) is 34.9 Å². The number of halogens is 1. The number of non-ortho nitro benzene ring substituents is 1. The molecule has 2 atom stereocenters. The van der Waals surface area contributed by atoms with E-state index in [9.17, 15) is 18.5 Å². The van der Waals surface area contributed by atoms with Crippen LogP contribution < -0.4 is 10.0 Å². The quantitative estimate of drug-likeness (QED) is 0.614. The maximum atomic E-state index is 12.6. The molecule has 1 aromatic rings. The van der Waals surface area contributed by atoms with Crippen molar-refractivity contribution in [3.05, 3.63) is 33.9 Å². The van der Waals surface area contributed by atoms with Gasteiger partial charge in [-0.2, -0.15) is 0 Å². The van der Waals surface area contributed by atoms with Gasteiger partial charge in [-0.1, -0.05) is 19.9 Å². The lowest BCUT2D eigenvalue weighted by Crippen LogP contribution is -2.48. The molecule has 1 fully saturated rings. The number of hydrogen-bond acceptors (Lipinski definition) is 5. The number of nitrogens with zero attached hydrogens (tertiary/aromatic N) is 1. The largest absolute Gasteiger partial charge is 0.316 e. The second-order valence-electron chi connectivity index (χ2n) is 5.60. The normalized spacial score (nSPS) is 21.5. The molecule has 0 saturated carbocycles. The molecule has 130 valence electrons. The molecule has 0 radical (unpaired) electrons. The molecule has 0 aromatic heterocycles. The molecule has 2 unspecified atom stereocenters. The van der Waals surface area contributed by atoms with Crippen LogP contribution in [0.4, 0.5) is 5.69 Å². The van der Waals surface area contributed by atoms with Crippen molar-refractivity contribution in [2.24, 2.45) is 5.92 Å².